The molecule has 6 heteroatoms. The lowest BCUT2D eigenvalue weighted by atomic mass is 10.1. The molecule has 0 saturated carbocycles. The number of rotatable bonds is 7. The van der Waals surface area contributed by atoms with Crippen molar-refractivity contribution in [2.24, 2.45) is 0 Å². The molecule has 0 spiro atoms. The summed E-state index contributed by atoms with van der Waals surface area (Å²) in [4.78, 5) is 24.8. The standard InChI is InChI=1S/C22H19N3O3/c23-14-17-9-7-16(8-10-17)11-12-21(26)25-20-6-2-1-5-19(20)22(27)24-15-18-4-3-13-28-18/h1-10,13H,11-12,15H2,(H,24,27)(H,25,26). The van der Waals surface area contributed by atoms with Gasteiger partial charge in [0, 0.05) is 6.42 Å². The van der Waals surface area contributed by atoms with Crippen molar-refractivity contribution in [3.8, 4) is 6.07 Å². The van der Waals surface area contributed by atoms with Gasteiger partial charge in [-0.3, -0.25) is 9.59 Å². The lowest BCUT2D eigenvalue weighted by Crippen LogP contribution is -2.24. The first-order valence-corrected chi connectivity index (χ1v) is 8.84. The van der Waals surface area contributed by atoms with Crippen LogP contribution in [0.1, 0.15) is 33.7 Å². The quantitative estimate of drug-likeness (QED) is 0.661. The number of anilines is 1. The van der Waals surface area contributed by atoms with Gasteiger partial charge in [0.2, 0.25) is 5.91 Å². The fourth-order valence-electron chi connectivity index (χ4n) is 2.68. The first-order valence-electron chi connectivity index (χ1n) is 8.84. The average molecular weight is 373 g/mol. The minimum absolute atomic E-state index is 0.185. The average Bonchev–Trinajstić information content (AvgIpc) is 3.25. The summed E-state index contributed by atoms with van der Waals surface area (Å²) in [6, 6.07) is 19.6. The number of furan rings is 1. The molecule has 0 unspecified atom stereocenters. The van der Waals surface area contributed by atoms with Crippen LogP contribution in [0.15, 0.2) is 71.3 Å². The van der Waals surface area contributed by atoms with Gasteiger partial charge >= 0.3 is 0 Å². The summed E-state index contributed by atoms with van der Waals surface area (Å²) in [5.41, 5.74) is 2.41. The maximum atomic E-state index is 12.5. The smallest absolute Gasteiger partial charge is 0.253 e. The highest BCUT2D eigenvalue weighted by Crippen LogP contribution is 2.16. The number of amides is 2. The van der Waals surface area contributed by atoms with Gasteiger partial charge in [0.15, 0.2) is 0 Å². The van der Waals surface area contributed by atoms with Gasteiger partial charge in [0.25, 0.3) is 5.91 Å². The highest BCUT2D eigenvalue weighted by molar-refractivity contribution is 6.03. The second kappa shape index (κ2) is 9.19. The number of hydrogen-bond acceptors (Lipinski definition) is 4. The lowest BCUT2D eigenvalue weighted by molar-refractivity contribution is -0.116. The van der Waals surface area contributed by atoms with Gasteiger partial charge in [0.05, 0.1) is 35.7 Å². The van der Waals surface area contributed by atoms with Crippen molar-refractivity contribution < 1.29 is 14.0 Å². The third-order valence-electron chi connectivity index (χ3n) is 4.17. The zero-order valence-corrected chi connectivity index (χ0v) is 15.1. The van der Waals surface area contributed by atoms with E-state index in [2.05, 4.69) is 16.7 Å². The van der Waals surface area contributed by atoms with E-state index in [-0.39, 0.29) is 24.8 Å². The molecule has 2 amide bonds. The zero-order chi connectivity index (χ0) is 19.8. The monoisotopic (exact) mass is 373 g/mol. The molecule has 2 N–H and O–H groups in total. The number of benzene rings is 2. The van der Waals surface area contributed by atoms with Gasteiger partial charge < -0.3 is 15.1 Å². The van der Waals surface area contributed by atoms with Crippen LogP contribution < -0.4 is 10.6 Å². The molecule has 1 aromatic heterocycles. The number of nitriles is 1. The Labute approximate surface area is 162 Å². The molecule has 140 valence electrons. The van der Waals surface area contributed by atoms with Gasteiger partial charge in [-0.05, 0) is 48.4 Å². The van der Waals surface area contributed by atoms with Gasteiger partial charge in [-0.1, -0.05) is 24.3 Å². The van der Waals surface area contributed by atoms with Crippen molar-refractivity contribution >= 4 is 17.5 Å². The van der Waals surface area contributed by atoms with Crippen molar-refractivity contribution in [3.05, 3.63) is 89.4 Å². The van der Waals surface area contributed by atoms with Crippen LogP contribution in [-0.2, 0) is 17.8 Å². The second-order valence-corrected chi connectivity index (χ2v) is 6.16. The fourth-order valence-corrected chi connectivity index (χ4v) is 2.68. The minimum Gasteiger partial charge on any atom is -0.467 e. The topological polar surface area (TPSA) is 95.1 Å². The SMILES string of the molecule is N#Cc1ccc(CCC(=O)Nc2ccccc2C(=O)NCc2ccco2)cc1. The van der Waals surface area contributed by atoms with Gasteiger partial charge in [-0.2, -0.15) is 5.26 Å². The molecule has 2 aromatic carbocycles. The molecule has 28 heavy (non-hydrogen) atoms. The number of aryl methyl sites for hydroxylation is 1. The van der Waals surface area contributed by atoms with E-state index in [0.717, 1.165) is 5.56 Å². The summed E-state index contributed by atoms with van der Waals surface area (Å²) in [5.74, 6) is 0.173. The van der Waals surface area contributed by atoms with E-state index >= 15 is 0 Å². The Morgan fingerprint density at radius 1 is 1.00 bits per heavy atom. The van der Waals surface area contributed by atoms with Crippen LogP contribution in [0.5, 0.6) is 0 Å². The first-order chi connectivity index (χ1) is 13.7. The summed E-state index contributed by atoms with van der Waals surface area (Å²) in [6.45, 7) is 0.271. The van der Waals surface area contributed by atoms with Crippen molar-refractivity contribution in [1.82, 2.24) is 5.32 Å². The minimum atomic E-state index is -0.292. The lowest BCUT2D eigenvalue weighted by Gasteiger charge is -2.11. The Morgan fingerprint density at radius 2 is 1.79 bits per heavy atom. The Balaban J connectivity index is 1.58. The van der Waals surface area contributed by atoms with Crippen molar-refractivity contribution in [2.45, 2.75) is 19.4 Å². The first kappa shape index (κ1) is 18.9. The zero-order valence-electron chi connectivity index (χ0n) is 15.1. The molecule has 0 aliphatic carbocycles. The van der Waals surface area contributed by atoms with E-state index < -0.39 is 0 Å². The maximum absolute atomic E-state index is 12.5. The van der Waals surface area contributed by atoms with Crippen LogP contribution in [0.25, 0.3) is 0 Å². The number of para-hydroxylation sites is 1. The number of nitrogens with one attached hydrogen (secondary N) is 2. The molecule has 0 fully saturated rings. The molecule has 1 heterocycles. The Bertz CT molecular complexity index is 987. The van der Waals surface area contributed by atoms with Crippen LogP contribution in [0.3, 0.4) is 0 Å². The molecule has 3 rings (SSSR count). The number of carbonyl (C=O) groups is 2. The van der Waals surface area contributed by atoms with Gasteiger partial charge in [-0.25, -0.2) is 0 Å². The van der Waals surface area contributed by atoms with Crippen molar-refractivity contribution in [3.63, 3.8) is 0 Å². The molecule has 3 aromatic rings. The molecule has 0 saturated heterocycles. The van der Waals surface area contributed by atoms with Crippen LogP contribution in [-0.4, -0.2) is 11.8 Å². The molecule has 0 aliphatic rings. The van der Waals surface area contributed by atoms with E-state index in [9.17, 15) is 9.59 Å². The van der Waals surface area contributed by atoms with E-state index in [1.165, 1.54) is 0 Å². The van der Waals surface area contributed by atoms with E-state index in [0.29, 0.717) is 29.0 Å². The number of nitrogens with zero attached hydrogens (tertiary/aromatic N) is 1. The predicted octanol–water partition coefficient (Wildman–Crippen LogP) is 3.65. The summed E-state index contributed by atoms with van der Waals surface area (Å²) < 4.78 is 5.20. The molecular formula is C22H19N3O3. The van der Waals surface area contributed by atoms with Crippen LogP contribution in [0.2, 0.25) is 0 Å². The Morgan fingerprint density at radius 3 is 2.50 bits per heavy atom. The third-order valence-corrected chi connectivity index (χ3v) is 4.17. The highest BCUT2D eigenvalue weighted by Gasteiger charge is 2.13. The van der Waals surface area contributed by atoms with Crippen LogP contribution in [0, 0.1) is 11.3 Å². The van der Waals surface area contributed by atoms with Gasteiger partial charge in [0.1, 0.15) is 5.76 Å². The van der Waals surface area contributed by atoms with E-state index in [1.807, 2.05) is 12.1 Å². The number of carbonyl (C=O) groups excluding carboxylic acids is 2. The van der Waals surface area contributed by atoms with Crippen molar-refractivity contribution in [2.75, 3.05) is 5.32 Å². The van der Waals surface area contributed by atoms with Gasteiger partial charge in [-0.15, -0.1) is 0 Å². The third kappa shape index (κ3) is 5.08. The molecular weight excluding hydrogens is 354 g/mol. The number of hydrogen-bond donors (Lipinski definition) is 2. The summed E-state index contributed by atoms with van der Waals surface area (Å²) in [6.07, 6.45) is 2.36. The van der Waals surface area contributed by atoms with Crippen molar-refractivity contribution in [1.29, 1.82) is 5.26 Å². The highest BCUT2D eigenvalue weighted by atomic mass is 16.3. The molecule has 0 bridgehead atoms. The van der Waals surface area contributed by atoms with E-state index in [4.69, 9.17) is 9.68 Å². The van der Waals surface area contributed by atoms with E-state index in [1.54, 1.807) is 54.8 Å². The second-order valence-electron chi connectivity index (χ2n) is 6.16. The summed E-state index contributed by atoms with van der Waals surface area (Å²) >= 11 is 0. The molecule has 0 aliphatic heterocycles. The summed E-state index contributed by atoms with van der Waals surface area (Å²) in [5, 5.41) is 14.4. The predicted molar refractivity (Wildman–Crippen MR) is 104 cm³/mol. The Kier molecular flexibility index (Phi) is 6.21. The van der Waals surface area contributed by atoms with Crippen LogP contribution in [0.4, 0.5) is 5.69 Å². The molecule has 0 atom stereocenters. The molecule has 6 nitrogen and oxygen atoms in total. The normalized spacial score (nSPS) is 10.1. The largest absolute Gasteiger partial charge is 0.467 e. The maximum Gasteiger partial charge on any atom is 0.253 e. The Hall–Kier alpha value is -3.85. The summed E-state index contributed by atoms with van der Waals surface area (Å²) in [7, 11) is 0. The fraction of sp³-hybridized carbons (Fsp3) is 0.136. The molecule has 0 radical (unpaired) electrons. The van der Waals surface area contributed by atoms with Crippen LogP contribution >= 0.6 is 0 Å².